The van der Waals surface area contributed by atoms with Gasteiger partial charge in [0, 0.05) is 0 Å². The zero-order chi connectivity index (χ0) is 12.1. The Morgan fingerprint density at radius 1 is 1.38 bits per heavy atom. The Morgan fingerprint density at radius 3 is 2.56 bits per heavy atom. The lowest BCUT2D eigenvalue weighted by atomic mass is 10.2. The molecule has 16 heavy (non-hydrogen) atoms. The highest BCUT2D eigenvalue weighted by atomic mass is 32.1. The number of rotatable bonds is 4. The van der Waals surface area contributed by atoms with Gasteiger partial charge in [-0.25, -0.2) is 4.79 Å². The second kappa shape index (κ2) is 5.50. The quantitative estimate of drug-likeness (QED) is 0.750. The lowest BCUT2D eigenvalue weighted by Crippen LogP contribution is -2.44. The SMILES string of the molecule is CC(NC(=O)N[C@@H](C)C(=O)O)c1ccsc1. The fourth-order valence-electron chi connectivity index (χ4n) is 1.10. The van der Waals surface area contributed by atoms with Crippen LogP contribution in [-0.4, -0.2) is 23.1 Å². The van der Waals surface area contributed by atoms with Crippen molar-refractivity contribution in [2.75, 3.05) is 0 Å². The molecule has 0 aromatic carbocycles. The second-order valence-corrected chi connectivity index (χ2v) is 4.24. The van der Waals surface area contributed by atoms with Crippen LogP contribution >= 0.6 is 11.3 Å². The molecular weight excluding hydrogens is 228 g/mol. The number of carboxylic acids is 1. The Morgan fingerprint density at radius 2 is 2.06 bits per heavy atom. The van der Waals surface area contributed by atoms with Crippen LogP contribution in [0.1, 0.15) is 25.5 Å². The Labute approximate surface area is 97.5 Å². The van der Waals surface area contributed by atoms with Crippen LogP contribution in [0.2, 0.25) is 0 Å². The highest BCUT2D eigenvalue weighted by Gasteiger charge is 2.15. The number of aliphatic carboxylic acids is 1. The van der Waals surface area contributed by atoms with E-state index in [9.17, 15) is 9.59 Å². The molecule has 2 amide bonds. The van der Waals surface area contributed by atoms with Gasteiger partial charge < -0.3 is 15.7 Å². The van der Waals surface area contributed by atoms with E-state index in [0.717, 1.165) is 5.56 Å². The summed E-state index contributed by atoms with van der Waals surface area (Å²) in [5, 5.41) is 17.5. The summed E-state index contributed by atoms with van der Waals surface area (Å²) >= 11 is 1.55. The third kappa shape index (κ3) is 3.54. The van der Waals surface area contributed by atoms with E-state index in [0.29, 0.717) is 0 Å². The van der Waals surface area contributed by atoms with Crippen LogP contribution in [0.3, 0.4) is 0 Å². The molecule has 5 nitrogen and oxygen atoms in total. The summed E-state index contributed by atoms with van der Waals surface area (Å²) in [5.41, 5.74) is 1.00. The Hall–Kier alpha value is -1.56. The van der Waals surface area contributed by atoms with Crippen molar-refractivity contribution in [3.63, 3.8) is 0 Å². The monoisotopic (exact) mass is 242 g/mol. The van der Waals surface area contributed by atoms with Crippen LogP contribution < -0.4 is 10.6 Å². The molecule has 1 rings (SSSR count). The van der Waals surface area contributed by atoms with Crippen molar-refractivity contribution in [2.24, 2.45) is 0 Å². The first-order valence-corrected chi connectivity index (χ1v) is 5.77. The van der Waals surface area contributed by atoms with Crippen molar-refractivity contribution in [3.8, 4) is 0 Å². The molecule has 1 heterocycles. The second-order valence-electron chi connectivity index (χ2n) is 3.46. The lowest BCUT2D eigenvalue weighted by molar-refractivity contribution is -0.138. The molecule has 0 radical (unpaired) electrons. The van der Waals surface area contributed by atoms with E-state index >= 15 is 0 Å². The summed E-state index contributed by atoms with van der Waals surface area (Å²) in [6, 6.07) is 0.409. The summed E-state index contributed by atoms with van der Waals surface area (Å²) in [7, 11) is 0. The first-order valence-electron chi connectivity index (χ1n) is 4.82. The fraction of sp³-hybridized carbons (Fsp3) is 0.400. The standard InChI is InChI=1S/C10H14N2O3S/c1-6(8-3-4-16-5-8)11-10(15)12-7(2)9(13)14/h3-7H,1-2H3,(H,13,14)(H2,11,12,15)/t6?,7-/m0/s1. The summed E-state index contributed by atoms with van der Waals surface area (Å²) in [5.74, 6) is -1.06. The molecule has 3 N–H and O–H groups in total. The van der Waals surface area contributed by atoms with Gasteiger partial charge in [-0.3, -0.25) is 4.79 Å². The minimum Gasteiger partial charge on any atom is -0.480 e. The van der Waals surface area contributed by atoms with Gasteiger partial charge in [-0.15, -0.1) is 0 Å². The third-order valence-corrected chi connectivity index (χ3v) is 2.81. The summed E-state index contributed by atoms with van der Waals surface area (Å²) in [4.78, 5) is 21.9. The lowest BCUT2D eigenvalue weighted by Gasteiger charge is -2.15. The molecule has 1 aromatic rings. The summed E-state index contributed by atoms with van der Waals surface area (Å²) in [6.07, 6.45) is 0. The fourth-order valence-corrected chi connectivity index (χ4v) is 1.86. The molecule has 0 saturated heterocycles. The number of hydrogen-bond acceptors (Lipinski definition) is 3. The van der Waals surface area contributed by atoms with Gasteiger partial charge in [0.25, 0.3) is 0 Å². The van der Waals surface area contributed by atoms with Crippen molar-refractivity contribution < 1.29 is 14.7 Å². The highest BCUT2D eigenvalue weighted by Crippen LogP contribution is 2.15. The molecule has 0 bridgehead atoms. The molecule has 0 aliphatic rings. The molecular formula is C10H14N2O3S. The minimum atomic E-state index is -1.06. The molecule has 0 aliphatic carbocycles. The first kappa shape index (κ1) is 12.5. The van der Waals surface area contributed by atoms with Crippen LogP contribution in [0, 0.1) is 0 Å². The van der Waals surface area contributed by atoms with E-state index in [2.05, 4.69) is 10.6 Å². The minimum absolute atomic E-state index is 0.132. The number of hydrogen-bond donors (Lipinski definition) is 3. The largest absolute Gasteiger partial charge is 0.480 e. The topological polar surface area (TPSA) is 78.4 Å². The van der Waals surface area contributed by atoms with Gasteiger partial charge in [0.2, 0.25) is 0 Å². The maximum absolute atomic E-state index is 11.4. The molecule has 0 saturated carbocycles. The van der Waals surface area contributed by atoms with E-state index in [1.165, 1.54) is 6.92 Å². The zero-order valence-corrected chi connectivity index (χ0v) is 9.88. The summed E-state index contributed by atoms with van der Waals surface area (Å²) in [6.45, 7) is 3.25. The molecule has 1 unspecified atom stereocenters. The van der Waals surface area contributed by atoms with Gasteiger partial charge in [0.05, 0.1) is 6.04 Å². The predicted octanol–water partition coefficient (Wildman–Crippen LogP) is 1.58. The van der Waals surface area contributed by atoms with E-state index < -0.39 is 18.0 Å². The molecule has 0 fully saturated rings. The number of carboxylic acid groups (broad SMARTS) is 1. The maximum atomic E-state index is 11.4. The first-order chi connectivity index (χ1) is 7.50. The molecule has 1 aromatic heterocycles. The van der Waals surface area contributed by atoms with Gasteiger partial charge in [-0.05, 0) is 36.2 Å². The number of thiophene rings is 1. The van der Waals surface area contributed by atoms with Crippen LogP contribution in [0.15, 0.2) is 16.8 Å². The number of carbonyl (C=O) groups excluding carboxylic acids is 1. The molecule has 0 spiro atoms. The number of urea groups is 1. The highest BCUT2D eigenvalue weighted by molar-refractivity contribution is 7.07. The van der Waals surface area contributed by atoms with Crippen molar-refractivity contribution in [1.82, 2.24) is 10.6 Å². The van der Waals surface area contributed by atoms with Crippen molar-refractivity contribution >= 4 is 23.3 Å². The van der Waals surface area contributed by atoms with E-state index in [1.54, 1.807) is 11.3 Å². The third-order valence-electron chi connectivity index (χ3n) is 2.11. The van der Waals surface area contributed by atoms with Gasteiger partial charge in [0.1, 0.15) is 6.04 Å². The Bertz CT molecular complexity index is 364. The maximum Gasteiger partial charge on any atom is 0.325 e. The van der Waals surface area contributed by atoms with Crippen LogP contribution in [0.5, 0.6) is 0 Å². The molecule has 2 atom stereocenters. The van der Waals surface area contributed by atoms with Gasteiger partial charge in [0.15, 0.2) is 0 Å². The van der Waals surface area contributed by atoms with E-state index in [-0.39, 0.29) is 6.04 Å². The molecule has 6 heteroatoms. The Kier molecular flexibility index (Phi) is 4.30. The molecule has 88 valence electrons. The average molecular weight is 242 g/mol. The van der Waals surface area contributed by atoms with E-state index in [4.69, 9.17) is 5.11 Å². The smallest absolute Gasteiger partial charge is 0.325 e. The average Bonchev–Trinajstić information content (AvgIpc) is 2.69. The normalized spacial score (nSPS) is 13.9. The van der Waals surface area contributed by atoms with E-state index in [1.807, 2.05) is 23.8 Å². The van der Waals surface area contributed by atoms with Crippen molar-refractivity contribution in [3.05, 3.63) is 22.4 Å². The summed E-state index contributed by atoms with van der Waals surface area (Å²) < 4.78 is 0. The van der Waals surface area contributed by atoms with Crippen LogP contribution in [0.4, 0.5) is 4.79 Å². The zero-order valence-electron chi connectivity index (χ0n) is 9.06. The Balaban J connectivity index is 2.43. The predicted molar refractivity (Wildman–Crippen MR) is 61.5 cm³/mol. The van der Waals surface area contributed by atoms with Crippen molar-refractivity contribution in [2.45, 2.75) is 25.9 Å². The van der Waals surface area contributed by atoms with Gasteiger partial charge in [-0.2, -0.15) is 11.3 Å². The number of nitrogens with one attached hydrogen (secondary N) is 2. The van der Waals surface area contributed by atoms with Gasteiger partial charge >= 0.3 is 12.0 Å². The number of amides is 2. The molecule has 0 aliphatic heterocycles. The van der Waals surface area contributed by atoms with Crippen LogP contribution in [0.25, 0.3) is 0 Å². The van der Waals surface area contributed by atoms with Crippen LogP contribution in [-0.2, 0) is 4.79 Å². The van der Waals surface area contributed by atoms with Gasteiger partial charge in [-0.1, -0.05) is 0 Å². The van der Waals surface area contributed by atoms with Crippen molar-refractivity contribution in [1.29, 1.82) is 0 Å². The number of carbonyl (C=O) groups is 2.